The van der Waals surface area contributed by atoms with Gasteiger partial charge in [0, 0.05) is 19.2 Å². The highest BCUT2D eigenvalue weighted by Gasteiger charge is 2.07. The number of rotatable bonds is 8. The summed E-state index contributed by atoms with van der Waals surface area (Å²) in [5.74, 6) is 1.02. The smallest absolute Gasteiger partial charge is 0.207 e. The summed E-state index contributed by atoms with van der Waals surface area (Å²) in [6.07, 6.45) is 7.59. The number of hydrogen-bond donors (Lipinski definition) is 1. The largest absolute Gasteiger partial charge is 0.359 e. The summed E-state index contributed by atoms with van der Waals surface area (Å²) in [6.45, 7) is 0.667. The van der Waals surface area contributed by atoms with Crippen molar-refractivity contribution >= 4 is 23.6 Å². The molecule has 0 unspecified atom stereocenters. The molecule has 4 nitrogen and oxygen atoms in total. The van der Waals surface area contributed by atoms with Crippen LogP contribution in [0.3, 0.4) is 0 Å². The molecule has 0 aliphatic rings. The average molecular weight is 319 g/mol. The van der Waals surface area contributed by atoms with Crippen molar-refractivity contribution in [2.24, 2.45) is 0 Å². The van der Waals surface area contributed by atoms with Crippen molar-refractivity contribution in [3.63, 3.8) is 0 Å². The molecule has 0 aliphatic heterocycles. The number of imidazole rings is 1. The lowest BCUT2D eigenvalue weighted by atomic mass is 10.1. The Kier molecular flexibility index (Phi) is 5.40. The van der Waals surface area contributed by atoms with Gasteiger partial charge < -0.3 is 9.88 Å². The van der Waals surface area contributed by atoms with E-state index < -0.39 is 0 Å². The molecule has 0 bridgehead atoms. The molecular weight excluding hydrogens is 298 g/mol. The second-order valence-corrected chi connectivity index (χ2v) is 5.64. The monoisotopic (exact) mass is 319 g/mol. The van der Waals surface area contributed by atoms with E-state index in [-0.39, 0.29) is 0 Å². The number of benzene rings is 2. The Morgan fingerprint density at radius 1 is 1.04 bits per heavy atom. The van der Waals surface area contributed by atoms with Crippen LogP contribution in [0.4, 0.5) is 0 Å². The van der Waals surface area contributed by atoms with Gasteiger partial charge in [-0.1, -0.05) is 48.5 Å². The topological polar surface area (TPSA) is 46.9 Å². The molecule has 1 amide bonds. The minimum Gasteiger partial charge on any atom is -0.359 e. The van der Waals surface area contributed by atoms with E-state index in [2.05, 4.69) is 52.5 Å². The number of nitrogens with zero attached hydrogens (tertiary/aromatic N) is 2. The first kappa shape index (κ1) is 16.0. The molecule has 0 saturated heterocycles. The summed E-state index contributed by atoms with van der Waals surface area (Å²) in [7, 11) is 0. The maximum atomic E-state index is 10.4. The van der Waals surface area contributed by atoms with Gasteiger partial charge >= 0.3 is 0 Å². The summed E-state index contributed by atoms with van der Waals surface area (Å²) in [6, 6.07) is 18.6. The number of hydrogen-bond acceptors (Lipinski definition) is 2. The highest BCUT2D eigenvalue weighted by molar-refractivity contribution is 5.78. The van der Waals surface area contributed by atoms with Gasteiger partial charge in [-0.05, 0) is 30.5 Å². The molecule has 0 saturated carbocycles. The Morgan fingerprint density at radius 2 is 1.83 bits per heavy atom. The van der Waals surface area contributed by atoms with Gasteiger partial charge in [-0.15, -0.1) is 0 Å². The summed E-state index contributed by atoms with van der Waals surface area (Å²) >= 11 is 0. The zero-order valence-electron chi connectivity index (χ0n) is 13.6. The van der Waals surface area contributed by atoms with Crippen molar-refractivity contribution in [2.75, 3.05) is 6.54 Å². The van der Waals surface area contributed by atoms with Crippen molar-refractivity contribution < 1.29 is 4.79 Å². The van der Waals surface area contributed by atoms with Crippen molar-refractivity contribution in [2.45, 2.75) is 19.3 Å². The lowest BCUT2D eigenvalue weighted by Crippen LogP contribution is -2.13. The fourth-order valence-electron chi connectivity index (χ4n) is 2.75. The van der Waals surface area contributed by atoms with Crippen LogP contribution >= 0.6 is 0 Å². The fraction of sp³-hybridized carbons (Fsp3) is 0.200. The van der Waals surface area contributed by atoms with Crippen molar-refractivity contribution in [3.8, 4) is 0 Å². The average Bonchev–Trinajstić information content (AvgIpc) is 2.97. The van der Waals surface area contributed by atoms with E-state index in [4.69, 9.17) is 4.98 Å². The zero-order valence-corrected chi connectivity index (χ0v) is 13.6. The highest BCUT2D eigenvalue weighted by Crippen LogP contribution is 2.17. The molecule has 0 radical (unpaired) electrons. The predicted octanol–water partition coefficient (Wildman–Crippen LogP) is 3.43. The first-order valence-corrected chi connectivity index (χ1v) is 8.22. The Hall–Kier alpha value is -2.88. The molecular formula is C20H21N3O. The van der Waals surface area contributed by atoms with E-state index in [0.717, 1.165) is 42.5 Å². The molecule has 0 aliphatic carbocycles. The van der Waals surface area contributed by atoms with Crippen LogP contribution in [0, 0.1) is 0 Å². The number of para-hydroxylation sites is 2. The molecule has 3 aromatic rings. The Labute approximate surface area is 141 Å². The van der Waals surface area contributed by atoms with Gasteiger partial charge in [0.25, 0.3) is 0 Å². The number of aryl methyl sites for hydroxylation is 1. The number of nitrogens with one attached hydrogen (secondary N) is 1. The lowest BCUT2D eigenvalue weighted by molar-refractivity contribution is -0.109. The standard InChI is InChI=1S/C20H21N3O/c24-16-21-14-6-13-20-22-18-11-4-5-12-19(18)23(20)15-7-10-17-8-2-1-3-9-17/h1-5,7-9,11-12,15-16H,6,10,13-14H2,(H,21,24). The molecule has 0 fully saturated rings. The molecule has 0 atom stereocenters. The van der Waals surface area contributed by atoms with Crippen LogP contribution in [0.2, 0.25) is 0 Å². The quantitative estimate of drug-likeness (QED) is 0.511. The van der Waals surface area contributed by atoms with E-state index >= 15 is 0 Å². The summed E-state index contributed by atoms with van der Waals surface area (Å²) in [5, 5.41) is 2.70. The highest BCUT2D eigenvalue weighted by atomic mass is 16.1. The third-order valence-electron chi connectivity index (χ3n) is 3.92. The first-order chi connectivity index (χ1) is 11.9. The molecule has 3 rings (SSSR count). The Bertz CT molecular complexity index is 821. The third-order valence-corrected chi connectivity index (χ3v) is 3.92. The molecule has 122 valence electrons. The van der Waals surface area contributed by atoms with Crippen LogP contribution in [0.1, 0.15) is 17.8 Å². The van der Waals surface area contributed by atoms with Gasteiger partial charge in [-0.2, -0.15) is 0 Å². The molecule has 1 heterocycles. The SMILES string of the molecule is O=CNCCCc1nc2ccccc2n1C=CCc1ccccc1. The number of aromatic nitrogens is 2. The Balaban J connectivity index is 1.79. The minimum absolute atomic E-state index is 0.667. The Morgan fingerprint density at radius 3 is 2.67 bits per heavy atom. The summed E-state index contributed by atoms with van der Waals surface area (Å²) in [4.78, 5) is 15.1. The second-order valence-electron chi connectivity index (χ2n) is 5.64. The maximum Gasteiger partial charge on any atom is 0.207 e. The fourth-order valence-corrected chi connectivity index (χ4v) is 2.75. The van der Waals surface area contributed by atoms with Crippen LogP contribution in [-0.4, -0.2) is 22.5 Å². The number of carbonyl (C=O) groups is 1. The van der Waals surface area contributed by atoms with Gasteiger partial charge in [0.1, 0.15) is 5.82 Å². The third kappa shape index (κ3) is 3.90. The van der Waals surface area contributed by atoms with Gasteiger partial charge in [-0.3, -0.25) is 4.79 Å². The summed E-state index contributed by atoms with van der Waals surface area (Å²) in [5.41, 5.74) is 3.40. The van der Waals surface area contributed by atoms with Crippen LogP contribution in [0.15, 0.2) is 60.7 Å². The van der Waals surface area contributed by atoms with Crippen LogP contribution in [0.25, 0.3) is 17.2 Å². The van der Waals surface area contributed by atoms with Crippen LogP contribution < -0.4 is 5.32 Å². The van der Waals surface area contributed by atoms with Gasteiger partial charge in [0.2, 0.25) is 6.41 Å². The second kappa shape index (κ2) is 8.11. The van der Waals surface area contributed by atoms with Crippen LogP contribution in [-0.2, 0) is 17.6 Å². The normalized spacial score (nSPS) is 11.2. The molecule has 2 aromatic carbocycles. The van der Waals surface area contributed by atoms with Gasteiger partial charge in [0.05, 0.1) is 11.0 Å². The zero-order chi connectivity index (χ0) is 16.6. The number of carbonyl (C=O) groups excluding carboxylic acids is 1. The molecule has 0 spiro atoms. The van der Waals surface area contributed by atoms with Crippen LogP contribution in [0.5, 0.6) is 0 Å². The molecule has 1 N–H and O–H groups in total. The molecule has 1 aromatic heterocycles. The number of amides is 1. The van der Waals surface area contributed by atoms with Gasteiger partial charge in [-0.25, -0.2) is 4.98 Å². The van der Waals surface area contributed by atoms with Crippen molar-refractivity contribution in [3.05, 3.63) is 72.1 Å². The van der Waals surface area contributed by atoms with E-state index in [1.807, 2.05) is 24.3 Å². The van der Waals surface area contributed by atoms with E-state index in [9.17, 15) is 4.79 Å². The van der Waals surface area contributed by atoms with Gasteiger partial charge in [0.15, 0.2) is 0 Å². The van der Waals surface area contributed by atoms with E-state index in [1.165, 1.54) is 5.56 Å². The minimum atomic E-state index is 0.667. The number of allylic oxidation sites excluding steroid dienone is 1. The van der Waals surface area contributed by atoms with Crippen molar-refractivity contribution in [1.82, 2.24) is 14.9 Å². The van der Waals surface area contributed by atoms with Crippen molar-refractivity contribution in [1.29, 1.82) is 0 Å². The maximum absolute atomic E-state index is 10.4. The number of fused-ring (bicyclic) bond motifs is 1. The first-order valence-electron chi connectivity index (χ1n) is 8.22. The molecule has 24 heavy (non-hydrogen) atoms. The summed E-state index contributed by atoms with van der Waals surface area (Å²) < 4.78 is 2.15. The lowest BCUT2D eigenvalue weighted by Gasteiger charge is -2.04. The predicted molar refractivity (Wildman–Crippen MR) is 97.6 cm³/mol. The van der Waals surface area contributed by atoms with E-state index in [1.54, 1.807) is 0 Å². The van der Waals surface area contributed by atoms with E-state index in [0.29, 0.717) is 6.54 Å². The molecule has 4 heteroatoms.